The van der Waals surface area contributed by atoms with Gasteiger partial charge in [0.15, 0.2) is 0 Å². The standard InChI is InChI=1S/C8H12BrN3O2/c1-5-6(9)7(14)12-8(11-5)10-3-2-4-13/h13H,2-4H2,1H3,(H2,10,11,12,14). The Hall–Kier alpha value is -0.880. The number of aliphatic hydroxyl groups excluding tert-OH is 1. The van der Waals surface area contributed by atoms with Gasteiger partial charge in [-0.25, -0.2) is 4.98 Å². The van der Waals surface area contributed by atoms with Crippen LogP contribution in [0.5, 0.6) is 0 Å². The van der Waals surface area contributed by atoms with E-state index in [9.17, 15) is 4.79 Å². The summed E-state index contributed by atoms with van der Waals surface area (Å²) < 4.78 is 0.449. The van der Waals surface area contributed by atoms with Crippen molar-refractivity contribution in [2.45, 2.75) is 13.3 Å². The number of nitrogens with one attached hydrogen (secondary N) is 2. The topological polar surface area (TPSA) is 78.0 Å². The van der Waals surface area contributed by atoms with Crippen LogP contribution in [0.15, 0.2) is 9.27 Å². The summed E-state index contributed by atoms with van der Waals surface area (Å²) in [6.45, 7) is 2.45. The van der Waals surface area contributed by atoms with Crippen LogP contribution in [0.1, 0.15) is 12.1 Å². The van der Waals surface area contributed by atoms with Gasteiger partial charge >= 0.3 is 0 Å². The Balaban J connectivity index is 2.75. The molecule has 5 nitrogen and oxygen atoms in total. The van der Waals surface area contributed by atoms with Crippen molar-refractivity contribution in [1.29, 1.82) is 0 Å². The van der Waals surface area contributed by atoms with E-state index in [4.69, 9.17) is 5.11 Å². The van der Waals surface area contributed by atoms with Crippen molar-refractivity contribution in [3.05, 3.63) is 20.5 Å². The Labute approximate surface area is 89.7 Å². The number of aromatic amines is 1. The molecule has 0 radical (unpaired) electrons. The van der Waals surface area contributed by atoms with Crippen molar-refractivity contribution < 1.29 is 5.11 Å². The molecule has 0 aliphatic rings. The number of aromatic nitrogens is 2. The maximum atomic E-state index is 11.3. The van der Waals surface area contributed by atoms with E-state index in [1.54, 1.807) is 6.92 Å². The van der Waals surface area contributed by atoms with E-state index < -0.39 is 0 Å². The molecule has 78 valence electrons. The lowest BCUT2D eigenvalue weighted by Crippen LogP contribution is -2.16. The molecule has 1 rings (SSSR count). The predicted molar refractivity (Wildman–Crippen MR) is 57.5 cm³/mol. The van der Waals surface area contributed by atoms with Gasteiger partial charge in [0.05, 0.1) is 5.69 Å². The van der Waals surface area contributed by atoms with Gasteiger partial charge in [-0.05, 0) is 29.3 Å². The van der Waals surface area contributed by atoms with Crippen molar-refractivity contribution in [2.75, 3.05) is 18.5 Å². The first-order chi connectivity index (χ1) is 6.65. The van der Waals surface area contributed by atoms with E-state index in [0.717, 1.165) is 0 Å². The molecule has 0 unspecified atom stereocenters. The van der Waals surface area contributed by atoms with Crippen LogP contribution in [-0.4, -0.2) is 28.2 Å². The number of rotatable bonds is 4. The van der Waals surface area contributed by atoms with Gasteiger partial charge in [-0.3, -0.25) is 9.78 Å². The van der Waals surface area contributed by atoms with Crippen LogP contribution in [0, 0.1) is 6.92 Å². The molecular weight excluding hydrogens is 250 g/mol. The minimum absolute atomic E-state index is 0.118. The second-order valence-corrected chi connectivity index (χ2v) is 3.61. The van der Waals surface area contributed by atoms with Crippen LogP contribution in [-0.2, 0) is 0 Å². The molecule has 6 heteroatoms. The van der Waals surface area contributed by atoms with Crippen LogP contribution in [0.25, 0.3) is 0 Å². The SMILES string of the molecule is Cc1nc(NCCCO)[nH]c(=O)c1Br. The van der Waals surface area contributed by atoms with Crippen LogP contribution in [0.2, 0.25) is 0 Å². The maximum Gasteiger partial charge on any atom is 0.266 e. The Morgan fingerprint density at radius 1 is 1.64 bits per heavy atom. The molecule has 3 N–H and O–H groups in total. The number of H-pyrrole nitrogens is 1. The molecule has 0 saturated carbocycles. The molecule has 0 fully saturated rings. The molecule has 0 bridgehead atoms. The number of aliphatic hydroxyl groups is 1. The largest absolute Gasteiger partial charge is 0.396 e. The average molecular weight is 262 g/mol. The van der Waals surface area contributed by atoms with Gasteiger partial charge < -0.3 is 10.4 Å². The van der Waals surface area contributed by atoms with Gasteiger partial charge in [0.1, 0.15) is 4.47 Å². The van der Waals surface area contributed by atoms with E-state index in [-0.39, 0.29) is 12.2 Å². The normalized spacial score (nSPS) is 10.2. The van der Waals surface area contributed by atoms with Crippen molar-refractivity contribution in [2.24, 2.45) is 0 Å². The van der Waals surface area contributed by atoms with Gasteiger partial charge in [0, 0.05) is 13.2 Å². The fourth-order valence-electron chi connectivity index (χ4n) is 0.941. The first-order valence-corrected chi connectivity index (χ1v) is 5.05. The molecule has 1 aromatic heterocycles. The van der Waals surface area contributed by atoms with Crippen molar-refractivity contribution in [1.82, 2.24) is 9.97 Å². The third kappa shape index (κ3) is 2.81. The highest BCUT2D eigenvalue weighted by atomic mass is 79.9. The molecule has 0 saturated heterocycles. The molecule has 0 amide bonds. The first kappa shape index (κ1) is 11.2. The highest BCUT2D eigenvalue weighted by Crippen LogP contribution is 2.08. The van der Waals surface area contributed by atoms with E-state index in [0.29, 0.717) is 29.1 Å². The first-order valence-electron chi connectivity index (χ1n) is 4.26. The molecule has 1 heterocycles. The van der Waals surface area contributed by atoms with Gasteiger partial charge in [-0.15, -0.1) is 0 Å². The van der Waals surface area contributed by atoms with Crippen LogP contribution < -0.4 is 10.9 Å². The fourth-order valence-corrected chi connectivity index (χ4v) is 1.13. The second kappa shape index (κ2) is 5.11. The average Bonchev–Trinajstić information content (AvgIpc) is 2.14. The number of hydrogen-bond acceptors (Lipinski definition) is 4. The van der Waals surface area contributed by atoms with Gasteiger partial charge in [0.25, 0.3) is 5.56 Å². The summed E-state index contributed by atoms with van der Waals surface area (Å²) in [4.78, 5) is 17.9. The highest BCUT2D eigenvalue weighted by Gasteiger charge is 2.03. The van der Waals surface area contributed by atoms with E-state index in [1.165, 1.54) is 0 Å². The predicted octanol–water partition coefficient (Wildman–Crippen LogP) is 0.635. The molecule has 0 aliphatic carbocycles. The summed E-state index contributed by atoms with van der Waals surface area (Å²) >= 11 is 3.12. The van der Waals surface area contributed by atoms with Crippen LogP contribution in [0.3, 0.4) is 0 Å². The zero-order valence-corrected chi connectivity index (χ0v) is 9.39. The third-order valence-electron chi connectivity index (χ3n) is 1.66. The monoisotopic (exact) mass is 261 g/mol. The van der Waals surface area contributed by atoms with Gasteiger partial charge in [0.2, 0.25) is 5.95 Å². The summed E-state index contributed by atoms with van der Waals surface area (Å²) in [5, 5.41) is 11.5. The number of hydrogen-bond donors (Lipinski definition) is 3. The third-order valence-corrected chi connectivity index (χ3v) is 2.59. The lowest BCUT2D eigenvalue weighted by molar-refractivity contribution is 0.292. The summed E-state index contributed by atoms with van der Waals surface area (Å²) in [5.41, 5.74) is 0.434. The molecule has 0 atom stereocenters. The lowest BCUT2D eigenvalue weighted by atomic mass is 10.4. The summed E-state index contributed by atoms with van der Waals surface area (Å²) in [7, 11) is 0. The Morgan fingerprint density at radius 2 is 2.36 bits per heavy atom. The molecule has 14 heavy (non-hydrogen) atoms. The van der Waals surface area contributed by atoms with Gasteiger partial charge in [-0.1, -0.05) is 0 Å². The van der Waals surface area contributed by atoms with Crippen LogP contribution >= 0.6 is 15.9 Å². The van der Waals surface area contributed by atoms with E-state index in [1.807, 2.05) is 0 Å². The number of nitrogens with zero attached hydrogens (tertiary/aromatic N) is 1. The second-order valence-electron chi connectivity index (χ2n) is 2.82. The van der Waals surface area contributed by atoms with Crippen molar-refractivity contribution in [3.63, 3.8) is 0 Å². The lowest BCUT2D eigenvalue weighted by Gasteiger charge is -2.05. The Kier molecular flexibility index (Phi) is 4.09. The zero-order chi connectivity index (χ0) is 10.6. The fraction of sp³-hybridized carbons (Fsp3) is 0.500. The number of halogens is 1. The van der Waals surface area contributed by atoms with Crippen molar-refractivity contribution in [3.8, 4) is 0 Å². The maximum absolute atomic E-state index is 11.3. The number of anilines is 1. The number of aryl methyl sites for hydroxylation is 1. The summed E-state index contributed by atoms with van der Waals surface area (Å²) in [5.74, 6) is 0.434. The molecule has 0 aromatic carbocycles. The minimum Gasteiger partial charge on any atom is -0.396 e. The summed E-state index contributed by atoms with van der Waals surface area (Å²) in [6, 6.07) is 0. The Bertz CT molecular complexity index is 364. The van der Waals surface area contributed by atoms with Gasteiger partial charge in [-0.2, -0.15) is 0 Å². The smallest absolute Gasteiger partial charge is 0.266 e. The molecule has 0 aliphatic heterocycles. The van der Waals surface area contributed by atoms with E-state index >= 15 is 0 Å². The quantitative estimate of drug-likeness (QED) is 0.696. The van der Waals surface area contributed by atoms with E-state index in [2.05, 4.69) is 31.2 Å². The molecule has 0 spiro atoms. The molecule has 1 aromatic rings. The van der Waals surface area contributed by atoms with Crippen molar-refractivity contribution >= 4 is 21.9 Å². The van der Waals surface area contributed by atoms with Crippen LogP contribution in [0.4, 0.5) is 5.95 Å². The Morgan fingerprint density at radius 3 is 2.93 bits per heavy atom. The minimum atomic E-state index is -0.205. The zero-order valence-electron chi connectivity index (χ0n) is 7.80. The highest BCUT2D eigenvalue weighted by molar-refractivity contribution is 9.10. The molecular formula is C8H12BrN3O2. The summed E-state index contributed by atoms with van der Waals surface area (Å²) in [6.07, 6.45) is 0.624.